The molecule has 2 aromatic carbocycles. The molecule has 0 unspecified atom stereocenters. The van der Waals surface area contributed by atoms with E-state index < -0.39 is 5.97 Å². The van der Waals surface area contributed by atoms with E-state index in [4.69, 9.17) is 19.0 Å². The van der Waals surface area contributed by atoms with E-state index in [1.807, 2.05) is 32.0 Å². The summed E-state index contributed by atoms with van der Waals surface area (Å²) in [6.07, 6.45) is 1.74. The van der Waals surface area contributed by atoms with Gasteiger partial charge in [0.1, 0.15) is 23.3 Å². The van der Waals surface area contributed by atoms with Crippen LogP contribution in [0.1, 0.15) is 24.0 Å². The summed E-state index contributed by atoms with van der Waals surface area (Å²) in [5, 5.41) is 9.01. The lowest BCUT2D eigenvalue weighted by molar-refractivity contribution is -0.137. The van der Waals surface area contributed by atoms with Gasteiger partial charge >= 0.3 is 5.97 Å². The van der Waals surface area contributed by atoms with E-state index in [0.29, 0.717) is 28.9 Å². The van der Waals surface area contributed by atoms with Crippen molar-refractivity contribution in [1.29, 1.82) is 0 Å². The highest BCUT2D eigenvalue weighted by atomic mass is 16.5. The Morgan fingerprint density at radius 1 is 1.11 bits per heavy atom. The summed E-state index contributed by atoms with van der Waals surface area (Å²) in [5.41, 5.74) is 2.15. The first-order valence-corrected chi connectivity index (χ1v) is 8.59. The number of carboxylic acids is 1. The van der Waals surface area contributed by atoms with Gasteiger partial charge in [-0.05, 0) is 44.0 Å². The summed E-state index contributed by atoms with van der Waals surface area (Å²) >= 11 is 0. The minimum atomic E-state index is -0.862. The summed E-state index contributed by atoms with van der Waals surface area (Å²) in [7, 11) is 0. The highest BCUT2D eigenvalue weighted by molar-refractivity contribution is 5.79. The largest absolute Gasteiger partial charge is 0.493 e. The third-order valence-corrected chi connectivity index (χ3v) is 4.07. The molecule has 3 rings (SSSR count). The average molecular weight is 368 g/mol. The maximum atomic E-state index is 12.7. The zero-order valence-electron chi connectivity index (χ0n) is 15.2. The molecule has 0 spiro atoms. The van der Waals surface area contributed by atoms with Crippen molar-refractivity contribution in [2.24, 2.45) is 0 Å². The average Bonchev–Trinajstić information content (AvgIpc) is 2.63. The van der Waals surface area contributed by atoms with Crippen molar-refractivity contribution in [2.75, 3.05) is 6.61 Å². The second-order valence-corrected chi connectivity index (χ2v) is 6.30. The fourth-order valence-electron chi connectivity index (χ4n) is 2.70. The molecule has 6 heteroatoms. The van der Waals surface area contributed by atoms with Crippen LogP contribution < -0.4 is 14.9 Å². The number of benzene rings is 2. The fourth-order valence-corrected chi connectivity index (χ4v) is 2.70. The Balaban J connectivity index is 1.79. The van der Waals surface area contributed by atoms with Gasteiger partial charge in [-0.15, -0.1) is 0 Å². The zero-order valence-corrected chi connectivity index (χ0v) is 15.2. The molecule has 27 heavy (non-hydrogen) atoms. The maximum Gasteiger partial charge on any atom is 0.303 e. The van der Waals surface area contributed by atoms with E-state index >= 15 is 0 Å². The molecule has 0 aliphatic carbocycles. The number of carboxylic acid groups (broad SMARTS) is 1. The van der Waals surface area contributed by atoms with Gasteiger partial charge in [-0.2, -0.15) is 0 Å². The van der Waals surface area contributed by atoms with Crippen molar-refractivity contribution in [2.45, 2.75) is 26.7 Å². The van der Waals surface area contributed by atoms with Crippen LogP contribution in [0.25, 0.3) is 11.0 Å². The standard InChI is InChI=1S/C21H20O6/c1-13-5-8-17(14(2)10-13)27-19-12-26-18-11-15(6-7-16(18)21(19)24)25-9-3-4-20(22)23/h5-8,10-12H,3-4,9H2,1-2H3,(H,22,23). The van der Waals surface area contributed by atoms with Gasteiger partial charge in [0.2, 0.25) is 11.2 Å². The van der Waals surface area contributed by atoms with E-state index in [0.717, 1.165) is 11.1 Å². The van der Waals surface area contributed by atoms with Crippen molar-refractivity contribution in [3.8, 4) is 17.2 Å². The first-order chi connectivity index (χ1) is 12.9. The van der Waals surface area contributed by atoms with Crippen molar-refractivity contribution >= 4 is 16.9 Å². The lowest BCUT2D eigenvalue weighted by atomic mass is 10.1. The fraction of sp³-hybridized carbons (Fsp3) is 0.238. The molecule has 0 atom stereocenters. The summed E-state index contributed by atoms with van der Waals surface area (Å²) in [6, 6.07) is 10.6. The molecule has 140 valence electrons. The topological polar surface area (TPSA) is 86.0 Å². The highest BCUT2D eigenvalue weighted by Crippen LogP contribution is 2.26. The summed E-state index contributed by atoms with van der Waals surface area (Å²) in [5.74, 6) is 0.369. The number of carbonyl (C=O) groups is 1. The van der Waals surface area contributed by atoms with Gasteiger partial charge in [-0.1, -0.05) is 17.7 Å². The molecular formula is C21H20O6. The molecule has 3 aromatic rings. The Morgan fingerprint density at radius 3 is 2.67 bits per heavy atom. The number of aliphatic carboxylic acids is 1. The van der Waals surface area contributed by atoms with Crippen LogP contribution in [0.3, 0.4) is 0 Å². The molecule has 1 aromatic heterocycles. The van der Waals surface area contributed by atoms with Gasteiger partial charge in [0.15, 0.2) is 0 Å². The molecule has 0 saturated heterocycles. The molecule has 0 aliphatic rings. The SMILES string of the molecule is Cc1ccc(Oc2coc3cc(OCCCC(=O)O)ccc3c2=O)c(C)c1. The Morgan fingerprint density at radius 2 is 1.93 bits per heavy atom. The van der Waals surface area contributed by atoms with Gasteiger partial charge in [0.05, 0.1) is 12.0 Å². The Kier molecular flexibility index (Phi) is 5.45. The summed E-state index contributed by atoms with van der Waals surface area (Å²) in [6.45, 7) is 4.18. The van der Waals surface area contributed by atoms with Gasteiger partial charge in [0, 0.05) is 12.5 Å². The Labute approximate surface area is 156 Å². The number of ether oxygens (including phenoxy) is 2. The lowest BCUT2D eigenvalue weighted by Crippen LogP contribution is -2.06. The van der Waals surface area contributed by atoms with Crippen LogP contribution in [-0.2, 0) is 4.79 Å². The van der Waals surface area contributed by atoms with Crippen LogP contribution in [0, 0.1) is 13.8 Å². The van der Waals surface area contributed by atoms with E-state index in [9.17, 15) is 9.59 Å². The summed E-state index contributed by atoms with van der Waals surface area (Å²) in [4.78, 5) is 23.2. The maximum absolute atomic E-state index is 12.7. The minimum absolute atomic E-state index is 0.0434. The van der Waals surface area contributed by atoms with Crippen LogP contribution >= 0.6 is 0 Å². The number of fused-ring (bicyclic) bond motifs is 1. The highest BCUT2D eigenvalue weighted by Gasteiger charge is 2.11. The smallest absolute Gasteiger partial charge is 0.303 e. The van der Waals surface area contributed by atoms with Crippen LogP contribution in [-0.4, -0.2) is 17.7 Å². The quantitative estimate of drug-likeness (QED) is 0.620. The predicted molar refractivity (Wildman–Crippen MR) is 101 cm³/mol. The van der Waals surface area contributed by atoms with E-state index in [-0.39, 0.29) is 24.2 Å². The molecule has 0 aliphatic heterocycles. The number of aryl methyl sites for hydroxylation is 2. The van der Waals surface area contributed by atoms with Crippen molar-refractivity contribution in [1.82, 2.24) is 0 Å². The minimum Gasteiger partial charge on any atom is -0.493 e. The molecule has 6 nitrogen and oxygen atoms in total. The van der Waals surface area contributed by atoms with Gasteiger partial charge in [-0.3, -0.25) is 9.59 Å². The van der Waals surface area contributed by atoms with Crippen molar-refractivity contribution < 1.29 is 23.8 Å². The summed E-state index contributed by atoms with van der Waals surface area (Å²) < 4.78 is 16.8. The first kappa shape index (κ1) is 18.5. The monoisotopic (exact) mass is 368 g/mol. The van der Waals surface area contributed by atoms with E-state index in [1.165, 1.54) is 6.26 Å². The predicted octanol–water partition coefficient (Wildman–Crippen LogP) is 4.45. The molecule has 0 bridgehead atoms. The number of hydrogen-bond donors (Lipinski definition) is 1. The number of rotatable bonds is 7. The zero-order chi connectivity index (χ0) is 19.4. The van der Waals surface area contributed by atoms with Gasteiger partial charge < -0.3 is 19.0 Å². The van der Waals surface area contributed by atoms with Crippen LogP contribution in [0.15, 0.2) is 51.9 Å². The molecule has 0 fully saturated rings. The Hall–Kier alpha value is -3.28. The molecular weight excluding hydrogens is 348 g/mol. The third kappa shape index (κ3) is 4.47. The first-order valence-electron chi connectivity index (χ1n) is 8.59. The molecule has 1 heterocycles. The second-order valence-electron chi connectivity index (χ2n) is 6.30. The molecule has 1 N–H and O–H groups in total. The van der Waals surface area contributed by atoms with Crippen molar-refractivity contribution in [3.63, 3.8) is 0 Å². The van der Waals surface area contributed by atoms with Gasteiger partial charge in [0.25, 0.3) is 0 Å². The van der Waals surface area contributed by atoms with Crippen LogP contribution in [0.2, 0.25) is 0 Å². The van der Waals surface area contributed by atoms with E-state index in [1.54, 1.807) is 18.2 Å². The third-order valence-electron chi connectivity index (χ3n) is 4.07. The molecule has 0 amide bonds. The van der Waals surface area contributed by atoms with E-state index in [2.05, 4.69) is 0 Å². The lowest BCUT2D eigenvalue weighted by Gasteiger charge is -2.10. The number of hydrogen-bond acceptors (Lipinski definition) is 5. The van der Waals surface area contributed by atoms with Crippen LogP contribution in [0.5, 0.6) is 17.2 Å². The van der Waals surface area contributed by atoms with Crippen molar-refractivity contribution in [3.05, 3.63) is 64.0 Å². The molecule has 0 saturated carbocycles. The Bertz CT molecular complexity index is 1030. The van der Waals surface area contributed by atoms with Crippen LogP contribution in [0.4, 0.5) is 0 Å². The van der Waals surface area contributed by atoms with Gasteiger partial charge in [-0.25, -0.2) is 0 Å². The molecule has 0 radical (unpaired) electrons. The second kappa shape index (κ2) is 7.95. The normalized spacial score (nSPS) is 10.7.